The third-order valence-electron chi connectivity index (χ3n) is 3.98. The minimum absolute atomic E-state index is 0.0268. The lowest BCUT2D eigenvalue weighted by Gasteiger charge is -2.09. The molecular formula is C19H19N3O5. The average Bonchev–Trinajstić information content (AvgIpc) is 3.14. The fourth-order valence-corrected chi connectivity index (χ4v) is 2.51. The number of carbonyl (C=O) groups is 3. The summed E-state index contributed by atoms with van der Waals surface area (Å²) in [5, 5.41) is 2.68. The zero-order chi connectivity index (χ0) is 19.2. The van der Waals surface area contributed by atoms with Crippen LogP contribution >= 0.6 is 0 Å². The highest BCUT2D eigenvalue weighted by Gasteiger charge is 2.16. The quantitative estimate of drug-likeness (QED) is 0.689. The van der Waals surface area contributed by atoms with Crippen LogP contribution in [0.4, 0.5) is 0 Å². The van der Waals surface area contributed by atoms with Crippen LogP contribution in [-0.4, -0.2) is 31.1 Å². The van der Waals surface area contributed by atoms with Gasteiger partial charge in [0.2, 0.25) is 12.7 Å². The summed E-state index contributed by atoms with van der Waals surface area (Å²) in [6.45, 7) is 2.11. The molecule has 1 aliphatic rings. The van der Waals surface area contributed by atoms with Crippen molar-refractivity contribution in [2.24, 2.45) is 0 Å². The van der Waals surface area contributed by atoms with Crippen LogP contribution in [-0.2, 0) is 4.79 Å². The van der Waals surface area contributed by atoms with Gasteiger partial charge in [-0.05, 0) is 36.8 Å². The number of rotatable bonds is 5. The SMILES string of the molecule is Cc1ccccc1C(=O)NCCC(=O)NNC(=O)c1ccc2c(c1)OCO2. The topological polar surface area (TPSA) is 106 Å². The van der Waals surface area contributed by atoms with Gasteiger partial charge in [-0.2, -0.15) is 0 Å². The van der Waals surface area contributed by atoms with Gasteiger partial charge in [-0.15, -0.1) is 0 Å². The summed E-state index contributed by atoms with van der Waals surface area (Å²) in [6, 6.07) is 11.9. The molecule has 0 bridgehead atoms. The Morgan fingerprint density at radius 3 is 2.56 bits per heavy atom. The summed E-state index contributed by atoms with van der Waals surface area (Å²) in [5.74, 6) is -0.0991. The molecule has 2 aromatic carbocycles. The first-order chi connectivity index (χ1) is 13.0. The monoisotopic (exact) mass is 369 g/mol. The molecule has 0 atom stereocenters. The van der Waals surface area contributed by atoms with E-state index in [0.717, 1.165) is 5.56 Å². The Morgan fingerprint density at radius 2 is 1.74 bits per heavy atom. The van der Waals surface area contributed by atoms with Crippen LogP contribution in [0.2, 0.25) is 0 Å². The Labute approximate surface area is 155 Å². The van der Waals surface area contributed by atoms with Crippen molar-refractivity contribution in [1.82, 2.24) is 16.2 Å². The van der Waals surface area contributed by atoms with E-state index >= 15 is 0 Å². The lowest BCUT2D eigenvalue weighted by Crippen LogP contribution is -2.42. The molecule has 27 heavy (non-hydrogen) atoms. The van der Waals surface area contributed by atoms with Crippen molar-refractivity contribution < 1.29 is 23.9 Å². The molecule has 0 spiro atoms. The first kappa shape index (κ1) is 18.2. The normalized spacial score (nSPS) is 11.6. The van der Waals surface area contributed by atoms with Crippen LogP contribution in [0.1, 0.15) is 32.7 Å². The van der Waals surface area contributed by atoms with Gasteiger partial charge in [0, 0.05) is 24.1 Å². The van der Waals surface area contributed by atoms with Crippen molar-refractivity contribution in [3.05, 3.63) is 59.2 Å². The van der Waals surface area contributed by atoms with Gasteiger partial charge in [-0.25, -0.2) is 0 Å². The summed E-state index contributed by atoms with van der Waals surface area (Å²) >= 11 is 0. The van der Waals surface area contributed by atoms with Crippen LogP contribution in [0.5, 0.6) is 11.5 Å². The van der Waals surface area contributed by atoms with Crippen molar-refractivity contribution in [2.75, 3.05) is 13.3 Å². The first-order valence-corrected chi connectivity index (χ1v) is 8.37. The van der Waals surface area contributed by atoms with E-state index in [1.165, 1.54) is 6.07 Å². The molecule has 1 heterocycles. The standard InChI is InChI=1S/C19H19N3O5/c1-12-4-2-3-5-14(12)19(25)20-9-8-17(23)21-22-18(24)13-6-7-15-16(10-13)27-11-26-15/h2-7,10H,8-9,11H2,1H3,(H,20,25)(H,21,23)(H,22,24). The van der Waals surface area contributed by atoms with Crippen molar-refractivity contribution in [1.29, 1.82) is 0 Å². The summed E-state index contributed by atoms with van der Waals surface area (Å²) in [4.78, 5) is 35.9. The molecule has 8 nitrogen and oxygen atoms in total. The molecule has 0 unspecified atom stereocenters. The number of fused-ring (bicyclic) bond motifs is 1. The van der Waals surface area contributed by atoms with Gasteiger partial charge in [-0.3, -0.25) is 25.2 Å². The zero-order valence-corrected chi connectivity index (χ0v) is 14.7. The van der Waals surface area contributed by atoms with E-state index in [0.29, 0.717) is 22.6 Å². The highest BCUT2D eigenvalue weighted by Crippen LogP contribution is 2.32. The van der Waals surface area contributed by atoms with Crippen molar-refractivity contribution in [3.8, 4) is 11.5 Å². The largest absolute Gasteiger partial charge is 0.454 e. The van der Waals surface area contributed by atoms with E-state index in [-0.39, 0.29) is 25.7 Å². The summed E-state index contributed by atoms with van der Waals surface area (Å²) in [6.07, 6.45) is 0.0268. The Balaban J connectivity index is 1.41. The number of amides is 3. The molecule has 0 fully saturated rings. The molecule has 3 N–H and O–H groups in total. The second-order valence-electron chi connectivity index (χ2n) is 5.89. The minimum Gasteiger partial charge on any atom is -0.454 e. The van der Waals surface area contributed by atoms with Gasteiger partial charge in [0.15, 0.2) is 11.5 Å². The second kappa shape index (κ2) is 8.22. The molecule has 2 aromatic rings. The molecule has 0 saturated heterocycles. The van der Waals surface area contributed by atoms with Crippen LogP contribution in [0, 0.1) is 6.92 Å². The number of aryl methyl sites for hydroxylation is 1. The maximum atomic E-state index is 12.1. The smallest absolute Gasteiger partial charge is 0.269 e. The summed E-state index contributed by atoms with van der Waals surface area (Å²) < 4.78 is 10.4. The summed E-state index contributed by atoms with van der Waals surface area (Å²) in [7, 11) is 0. The lowest BCUT2D eigenvalue weighted by atomic mass is 10.1. The van der Waals surface area contributed by atoms with Crippen molar-refractivity contribution in [2.45, 2.75) is 13.3 Å². The minimum atomic E-state index is -0.481. The number of hydrogen-bond donors (Lipinski definition) is 3. The Morgan fingerprint density at radius 1 is 0.963 bits per heavy atom. The van der Waals surface area contributed by atoms with Crippen LogP contribution < -0.4 is 25.6 Å². The fourth-order valence-electron chi connectivity index (χ4n) is 2.51. The Hall–Kier alpha value is -3.55. The van der Waals surface area contributed by atoms with E-state index in [4.69, 9.17) is 9.47 Å². The molecule has 0 aliphatic carbocycles. The first-order valence-electron chi connectivity index (χ1n) is 8.37. The van der Waals surface area contributed by atoms with Crippen LogP contribution in [0.25, 0.3) is 0 Å². The van der Waals surface area contributed by atoms with E-state index in [9.17, 15) is 14.4 Å². The van der Waals surface area contributed by atoms with Gasteiger partial charge in [-0.1, -0.05) is 18.2 Å². The van der Waals surface area contributed by atoms with E-state index < -0.39 is 11.8 Å². The van der Waals surface area contributed by atoms with E-state index in [1.807, 2.05) is 19.1 Å². The van der Waals surface area contributed by atoms with Crippen molar-refractivity contribution >= 4 is 17.7 Å². The molecule has 3 rings (SSSR count). The fraction of sp³-hybridized carbons (Fsp3) is 0.211. The van der Waals surface area contributed by atoms with E-state index in [1.54, 1.807) is 24.3 Å². The molecule has 8 heteroatoms. The van der Waals surface area contributed by atoms with Gasteiger partial charge >= 0.3 is 0 Å². The number of hydrogen-bond acceptors (Lipinski definition) is 5. The molecular weight excluding hydrogens is 350 g/mol. The third-order valence-corrected chi connectivity index (χ3v) is 3.98. The van der Waals surface area contributed by atoms with Crippen molar-refractivity contribution in [3.63, 3.8) is 0 Å². The third kappa shape index (κ3) is 4.55. The van der Waals surface area contributed by atoms with Crippen LogP contribution in [0.15, 0.2) is 42.5 Å². The Bertz CT molecular complexity index is 881. The summed E-state index contributed by atoms with van der Waals surface area (Å²) in [5.41, 5.74) is 6.38. The molecule has 0 saturated carbocycles. The number of hydrazine groups is 1. The zero-order valence-electron chi connectivity index (χ0n) is 14.7. The van der Waals surface area contributed by atoms with Gasteiger partial charge in [0.1, 0.15) is 0 Å². The second-order valence-corrected chi connectivity index (χ2v) is 5.89. The number of benzene rings is 2. The number of ether oxygens (including phenoxy) is 2. The predicted octanol–water partition coefficient (Wildman–Crippen LogP) is 1.30. The maximum Gasteiger partial charge on any atom is 0.269 e. The van der Waals surface area contributed by atoms with Gasteiger partial charge in [0.05, 0.1) is 0 Å². The highest BCUT2D eigenvalue weighted by atomic mass is 16.7. The Kier molecular flexibility index (Phi) is 5.55. The van der Waals surface area contributed by atoms with E-state index in [2.05, 4.69) is 16.2 Å². The molecule has 1 aliphatic heterocycles. The van der Waals surface area contributed by atoms with Gasteiger partial charge < -0.3 is 14.8 Å². The molecule has 3 amide bonds. The van der Waals surface area contributed by atoms with Crippen LogP contribution in [0.3, 0.4) is 0 Å². The molecule has 0 radical (unpaired) electrons. The number of carbonyl (C=O) groups excluding carboxylic acids is 3. The molecule has 0 aromatic heterocycles. The molecule has 140 valence electrons. The maximum absolute atomic E-state index is 12.1. The predicted molar refractivity (Wildman–Crippen MR) is 96.3 cm³/mol. The lowest BCUT2D eigenvalue weighted by molar-refractivity contribution is -0.121. The number of nitrogens with one attached hydrogen (secondary N) is 3. The average molecular weight is 369 g/mol. The highest BCUT2D eigenvalue weighted by molar-refractivity contribution is 5.97. The van der Waals surface area contributed by atoms with Gasteiger partial charge in [0.25, 0.3) is 11.8 Å².